The van der Waals surface area contributed by atoms with Crippen molar-refractivity contribution in [2.24, 2.45) is 5.41 Å². The molecule has 0 atom stereocenters. The molecule has 0 saturated heterocycles. The lowest BCUT2D eigenvalue weighted by Gasteiger charge is -2.27. The van der Waals surface area contributed by atoms with Crippen LogP contribution in [0, 0.1) is 5.41 Å². The molecule has 2 rings (SSSR count). The average molecular weight is 549 g/mol. The van der Waals surface area contributed by atoms with Crippen LogP contribution in [0.2, 0.25) is 0 Å². The molecule has 1 fully saturated rings. The highest BCUT2D eigenvalue weighted by molar-refractivity contribution is 5.81. The molecule has 1 aliphatic carbocycles. The summed E-state index contributed by atoms with van der Waals surface area (Å²) in [6.07, 6.45) is 4.32. The molecule has 9 heteroatoms. The van der Waals surface area contributed by atoms with E-state index in [1.54, 1.807) is 19.1 Å². The third-order valence-electron chi connectivity index (χ3n) is 5.99. The first-order chi connectivity index (χ1) is 18.1. The maximum atomic E-state index is 11.9. The van der Waals surface area contributed by atoms with E-state index in [9.17, 15) is 19.5 Å². The Balaban J connectivity index is 0.000000395. The van der Waals surface area contributed by atoms with E-state index in [0.29, 0.717) is 13.0 Å². The first kappa shape index (κ1) is 34.4. The van der Waals surface area contributed by atoms with Gasteiger partial charge in [-0.3, -0.25) is 19.3 Å². The van der Waals surface area contributed by atoms with Crippen LogP contribution in [0.25, 0.3) is 0 Å². The number of aliphatic hydroxyl groups is 1. The molecule has 0 bridgehead atoms. The fourth-order valence-corrected chi connectivity index (χ4v) is 4.18. The molecule has 0 radical (unpaired) electrons. The smallest absolute Gasteiger partial charge is 0.234 e. The summed E-state index contributed by atoms with van der Waals surface area (Å²) in [5, 5.41) is 18.2. The number of hydrogen-bond acceptors (Lipinski definition) is 6. The molecule has 9 nitrogen and oxygen atoms in total. The van der Waals surface area contributed by atoms with Gasteiger partial charge in [-0.15, -0.1) is 0 Å². The van der Waals surface area contributed by atoms with Crippen molar-refractivity contribution in [2.45, 2.75) is 97.8 Å². The molecule has 39 heavy (non-hydrogen) atoms. The fourth-order valence-electron chi connectivity index (χ4n) is 4.18. The maximum Gasteiger partial charge on any atom is 0.234 e. The predicted octanol–water partition coefficient (Wildman–Crippen LogP) is 3.04. The number of carbonyl (C=O) groups excluding carboxylic acids is 3. The highest BCUT2D eigenvalue weighted by atomic mass is 16.5. The van der Waals surface area contributed by atoms with Crippen LogP contribution in [-0.4, -0.2) is 79.2 Å². The second-order valence-corrected chi connectivity index (χ2v) is 12.7. The number of methoxy groups -OCH3 is 1. The molecule has 0 aromatic heterocycles. The minimum absolute atomic E-state index is 0.0458. The molecule has 222 valence electrons. The standard InChI is InChI=1S/C15H29N3O3.C15H23NO2/c1-15(2,3)17-14(21)10-18(4)9-13(20)16-11-5-7-12(19)8-6-11;1-15(2,3)11-14(17)16-10-9-12-5-7-13(18-4)8-6-12/h11-12,19H,5-10H2,1-4H3,(H,16,20)(H,17,21);5-8H,9-11H2,1-4H3,(H,16,17). The lowest BCUT2D eigenvalue weighted by molar-refractivity contribution is -0.126. The zero-order chi connectivity index (χ0) is 29.6. The van der Waals surface area contributed by atoms with Crippen LogP contribution in [-0.2, 0) is 20.8 Å². The van der Waals surface area contributed by atoms with E-state index in [-0.39, 0.29) is 53.9 Å². The van der Waals surface area contributed by atoms with E-state index in [1.807, 2.05) is 45.0 Å². The first-order valence-electron chi connectivity index (χ1n) is 13.9. The molecule has 4 N–H and O–H groups in total. The van der Waals surface area contributed by atoms with Crippen molar-refractivity contribution in [1.29, 1.82) is 0 Å². The summed E-state index contributed by atoms with van der Waals surface area (Å²) >= 11 is 0. The first-order valence-corrected chi connectivity index (χ1v) is 13.9. The number of nitrogens with zero attached hydrogens (tertiary/aromatic N) is 1. The molecular formula is C30H52N4O5. The van der Waals surface area contributed by atoms with Gasteiger partial charge in [0, 0.05) is 24.5 Å². The molecule has 1 aromatic rings. The number of rotatable bonds is 10. The van der Waals surface area contributed by atoms with E-state index in [4.69, 9.17) is 4.74 Å². The summed E-state index contributed by atoms with van der Waals surface area (Å²) in [6.45, 7) is 13.1. The Hall–Kier alpha value is -2.65. The summed E-state index contributed by atoms with van der Waals surface area (Å²) < 4.78 is 5.10. The van der Waals surface area contributed by atoms with Crippen LogP contribution in [0.4, 0.5) is 0 Å². The van der Waals surface area contributed by atoms with Gasteiger partial charge in [0.05, 0.1) is 26.3 Å². The Morgan fingerprint density at radius 3 is 2.00 bits per heavy atom. The van der Waals surface area contributed by atoms with Gasteiger partial charge in [0.25, 0.3) is 0 Å². The number of aliphatic hydroxyl groups excluding tert-OH is 1. The van der Waals surface area contributed by atoms with E-state index in [1.165, 1.54) is 5.56 Å². The fraction of sp³-hybridized carbons (Fsp3) is 0.700. The van der Waals surface area contributed by atoms with Crippen LogP contribution in [0.1, 0.15) is 79.2 Å². The van der Waals surface area contributed by atoms with Gasteiger partial charge in [-0.1, -0.05) is 32.9 Å². The minimum Gasteiger partial charge on any atom is -0.497 e. The monoisotopic (exact) mass is 548 g/mol. The summed E-state index contributed by atoms with van der Waals surface area (Å²) in [4.78, 5) is 37.0. The lowest BCUT2D eigenvalue weighted by Crippen LogP contribution is -2.48. The van der Waals surface area contributed by atoms with Gasteiger partial charge in [0.2, 0.25) is 17.7 Å². The predicted molar refractivity (Wildman–Crippen MR) is 156 cm³/mol. The third kappa shape index (κ3) is 17.5. The number of nitrogens with one attached hydrogen (secondary N) is 3. The number of hydrogen-bond donors (Lipinski definition) is 4. The molecule has 0 aliphatic heterocycles. The van der Waals surface area contributed by atoms with E-state index in [0.717, 1.165) is 37.9 Å². The summed E-state index contributed by atoms with van der Waals surface area (Å²) in [7, 11) is 3.41. The molecule has 3 amide bonds. The van der Waals surface area contributed by atoms with Gasteiger partial charge in [-0.05, 0) is 83.0 Å². The Morgan fingerprint density at radius 2 is 1.49 bits per heavy atom. The Kier molecular flexibility index (Phi) is 14.5. The molecule has 1 aliphatic rings. The highest BCUT2D eigenvalue weighted by Gasteiger charge is 2.22. The second-order valence-electron chi connectivity index (χ2n) is 12.7. The van der Waals surface area contributed by atoms with Gasteiger partial charge in [-0.25, -0.2) is 0 Å². The average Bonchev–Trinajstić information content (AvgIpc) is 2.79. The summed E-state index contributed by atoms with van der Waals surface area (Å²) in [5.41, 5.74) is 0.986. The lowest BCUT2D eigenvalue weighted by atomic mass is 9.92. The SMILES string of the molecule is CN(CC(=O)NC1CCC(O)CC1)CC(=O)NC(C)(C)C.COc1ccc(CCNC(=O)CC(C)(C)C)cc1. The van der Waals surface area contributed by atoms with Crippen molar-refractivity contribution in [3.63, 3.8) is 0 Å². The number of benzene rings is 1. The van der Waals surface area contributed by atoms with Crippen LogP contribution in [0.5, 0.6) is 5.75 Å². The molecule has 0 heterocycles. The van der Waals surface area contributed by atoms with Crippen molar-refractivity contribution >= 4 is 17.7 Å². The Bertz CT molecular complexity index is 882. The van der Waals surface area contributed by atoms with Gasteiger partial charge in [-0.2, -0.15) is 0 Å². The summed E-state index contributed by atoms with van der Waals surface area (Å²) in [5.74, 6) is 0.826. The number of amides is 3. The van der Waals surface area contributed by atoms with E-state index >= 15 is 0 Å². The van der Waals surface area contributed by atoms with Crippen molar-refractivity contribution in [2.75, 3.05) is 33.8 Å². The normalized spacial score (nSPS) is 17.5. The molecule has 1 saturated carbocycles. The minimum atomic E-state index is -0.261. The molecular weight excluding hydrogens is 496 g/mol. The summed E-state index contributed by atoms with van der Waals surface area (Å²) in [6, 6.07) is 8.07. The van der Waals surface area contributed by atoms with E-state index in [2.05, 4.69) is 36.7 Å². The quantitative estimate of drug-likeness (QED) is 0.357. The largest absolute Gasteiger partial charge is 0.497 e. The van der Waals surface area contributed by atoms with Crippen molar-refractivity contribution < 1.29 is 24.2 Å². The second kappa shape index (κ2) is 16.5. The number of likely N-dealkylation sites (N-methyl/N-ethyl adjacent to an activating group) is 1. The highest BCUT2D eigenvalue weighted by Crippen LogP contribution is 2.19. The Morgan fingerprint density at radius 1 is 0.923 bits per heavy atom. The van der Waals surface area contributed by atoms with E-state index < -0.39 is 0 Å². The van der Waals surface area contributed by atoms with Gasteiger partial charge >= 0.3 is 0 Å². The van der Waals surface area contributed by atoms with Crippen molar-refractivity contribution in [1.82, 2.24) is 20.9 Å². The zero-order valence-electron chi connectivity index (χ0n) is 25.4. The molecule has 1 aromatic carbocycles. The Labute approximate surface area is 235 Å². The van der Waals surface area contributed by atoms with Crippen LogP contribution in [0.15, 0.2) is 24.3 Å². The van der Waals surface area contributed by atoms with Crippen LogP contribution < -0.4 is 20.7 Å². The molecule has 0 spiro atoms. The van der Waals surface area contributed by atoms with Crippen molar-refractivity contribution in [3.05, 3.63) is 29.8 Å². The maximum absolute atomic E-state index is 11.9. The van der Waals surface area contributed by atoms with Crippen LogP contribution in [0.3, 0.4) is 0 Å². The topological polar surface area (TPSA) is 120 Å². The van der Waals surface area contributed by atoms with Crippen molar-refractivity contribution in [3.8, 4) is 5.75 Å². The van der Waals surface area contributed by atoms with Gasteiger partial charge in [0.15, 0.2) is 0 Å². The number of ether oxygens (including phenoxy) is 1. The number of carbonyl (C=O) groups is 3. The van der Waals surface area contributed by atoms with Crippen LogP contribution >= 0.6 is 0 Å². The zero-order valence-corrected chi connectivity index (χ0v) is 25.4. The third-order valence-corrected chi connectivity index (χ3v) is 5.99. The molecule has 0 unspecified atom stereocenters. The van der Waals surface area contributed by atoms with Gasteiger partial charge in [0.1, 0.15) is 5.75 Å². The van der Waals surface area contributed by atoms with Gasteiger partial charge < -0.3 is 25.8 Å².